The zero-order valence-corrected chi connectivity index (χ0v) is 20.4. The third-order valence-electron chi connectivity index (χ3n) is 5.23. The lowest BCUT2D eigenvalue weighted by molar-refractivity contribution is -0.142. The number of rotatable bonds is 18. The van der Waals surface area contributed by atoms with Crippen LogP contribution in [0.2, 0.25) is 0 Å². The summed E-state index contributed by atoms with van der Waals surface area (Å²) in [6.07, 6.45) is 16.0. The maximum Gasteiger partial charge on any atom is 0.326 e. The van der Waals surface area contributed by atoms with E-state index < -0.39 is 23.9 Å². The minimum atomic E-state index is -1.08. The summed E-state index contributed by atoms with van der Waals surface area (Å²) in [6.45, 7) is 8.62. The molecule has 1 atom stereocenters. The maximum atomic E-state index is 11.6. The molecule has 0 aromatic carbocycles. The number of carbonyl (C=O) groups is 3. The van der Waals surface area contributed by atoms with Crippen molar-refractivity contribution in [1.82, 2.24) is 5.32 Å². The van der Waals surface area contributed by atoms with Crippen molar-refractivity contribution in [3.63, 3.8) is 0 Å². The van der Waals surface area contributed by atoms with Gasteiger partial charge in [-0.05, 0) is 85.5 Å². The molecule has 0 bridgehead atoms. The quantitative estimate of drug-likeness (QED) is 0.171. The molecule has 6 heteroatoms. The normalized spacial score (nSPS) is 12.9. The first kappa shape index (κ1) is 29.6. The summed E-state index contributed by atoms with van der Waals surface area (Å²) in [7, 11) is 0. The van der Waals surface area contributed by atoms with Gasteiger partial charge in [-0.2, -0.15) is 0 Å². The molecule has 0 saturated carbocycles. The Kier molecular flexibility index (Phi) is 16.9. The lowest BCUT2D eigenvalue weighted by atomic mass is 10.0. The van der Waals surface area contributed by atoms with Gasteiger partial charge in [-0.15, -0.1) is 0 Å². The van der Waals surface area contributed by atoms with Crippen LogP contribution in [0.1, 0.15) is 105 Å². The minimum Gasteiger partial charge on any atom is -0.481 e. The number of allylic oxidation sites excluding steroid dienone is 6. The van der Waals surface area contributed by atoms with E-state index in [2.05, 4.69) is 51.2 Å². The second-order valence-corrected chi connectivity index (χ2v) is 8.80. The average molecular weight is 450 g/mol. The van der Waals surface area contributed by atoms with Gasteiger partial charge in [-0.3, -0.25) is 9.59 Å². The molecule has 3 N–H and O–H groups in total. The van der Waals surface area contributed by atoms with Crippen molar-refractivity contribution in [3.05, 3.63) is 34.9 Å². The molecule has 0 spiro atoms. The van der Waals surface area contributed by atoms with Crippen molar-refractivity contribution in [1.29, 1.82) is 0 Å². The smallest absolute Gasteiger partial charge is 0.326 e. The summed E-state index contributed by atoms with van der Waals surface area (Å²) < 4.78 is 0. The summed E-state index contributed by atoms with van der Waals surface area (Å²) in [5, 5.41) is 20.2. The van der Waals surface area contributed by atoms with Crippen molar-refractivity contribution in [3.8, 4) is 0 Å². The van der Waals surface area contributed by atoms with Gasteiger partial charge in [-0.1, -0.05) is 41.4 Å². The highest BCUT2D eigenvalue weighted by molar-refractivity contribution is 5.85. The zero-order valence-electron chi connectivity index (χ0n) is 20.4. The Bertz CT molecular complexity index is 672. The number of hydrogen-bond donors (Lipinski definition) is 3. The molecule has 0 aliphatic heterocycles. The molecule has 0 rings (SSSR count). The van der Waals surface area contributed by atoms with Gasteiger partial charge < -0.3 is 15.5 Å². The predicted octanol–water partition coefficient (Wildman–Crippen LogP) is 6.18. The molecule has 0 aromatic heterocycles. The number of nitrogens with one attached hydrogen (secondary N) is 1. The SMILES string of the molecule is CC(C)=CCCCC(C)=CCCCC(C)=CCCCCC(NC(=O)CCC(=O)O)C(=O)O. The fourth-order valence-corrected chi connectivity index (χ4v) is 3.29. The van der Waals surface area contributed by atoms with Crippen molar-refractivity contribution in [2.75, 3.05) is 0 Å². The maximum absolute atomic E-state index is 11.6. The second-order valence-electron chi connectivity index (χ2n) is 8.80. The Morgan fingerprint density at radius 3 is 1.75 bits per heavy atom. The van der Waals surface area contributed by atoms with Crippen LogP contribution >= 0.6 is 0 Å². The number of hydrogen-bond acceptors (Lipinski definition) is 3. The Balaban J connectivity index is 4.03. The first-order valence-electron chi connectivity index (χ1n) is 11.8. The molecule has 32 heavy (non-hydrogen) atoms. The Hall–Kier alpha value is -2.37. The van der Waals surface area contributed by atoms with E-state index >= 15 is 0 Å². The highest BCUT2D eigenvalue weighted by Gasteiger charge is 2.19. The molecule has 0 aliphatic rings. The van der Waals surface area contributed by atoms with Crippen LogP contribution in [0.15, 0.2) is 34.9 Å². The van der Waals surface area contributed by atoms with Crippen molar-refractivity contribution >= 4 is 17.8 Å². The number of carbonyl (C=O) groups excluding carboxylic acids is 1. The molecule has 1 amide bonds. The van der Waals surface area contributed by atoms with Crippen molar-refractivity contribution in [2.24, 2.45) is 0 Å². The number of carboxylic acid groups (broad SMARTS) is 2. The van der Waals surface area contributed by atoms with E-state index in [-0.39, 0.29) is 12.8 Å². The molecule has 0 heterocycles. The van der Waals surface area contributed by atoms with Gasteiger partial charge in [0.05, 0.1) is 6.42 Å². The molecule has 0 radical (unpaired) electrons. The number of amides is 1. The van der Waals surface area contributed by atoms with Crippen LogP contribution in [0.25, 0.3) is 0 Å². The van der Waals surface area contributed by atoms with Crippen LogP contribution in [0.3, 0.4) is 0 Å². The summed E-state index contributed by atoms with van der Waals surface area (Å²) in [5.74, 6) is -2.69. The zero-order chi connectivity index (χ0) is 24.4. The van der Waals surface area contributed by atoms with E-state index in [0.717, 1.165) is 44.9 Å². The van der Waals surface area contributed by atoms with Gasteiger partial charge in [-0.25, -0.2) is 4.79 Å². The highest BCUT2D eigenvalue weighted by atomic mass is 16.4. The molecule has 0 aliphatic carbocycles. The van der Waals surface area contributed by atoms with Crippen LogP contribution in [0.5, 0.6) is 0 Å². The minimum absolute atomic E-state index is 0.203. The highest BCUT2D eigenvalue weighted by Crippen LogP contribution is 2.14. The average Bonchev–Trinajstić information content (AvgIpc) is 2.71. The van der Waals surface area contributed by atoms with E-state index in [9.17, 15) is 19.5 Å². The first-order valence-corrected chi connectivity index (χ1v) is 11.8. The topological polar surface area (TPSA) is 104 Å². The standard InChI is InChI=1S/C26H43NO5/c1-20(2)12-8-9-14-22(4)16-11-10-15-21(3)13-6-5-7-17-23(26(31)32)27-24(28)18-19-25(29)30/h12-13,16,23H,5-11,14-15,17-19H2,1-4H3,(H,27,28)(H,29,30)(H,31,32). The first-order chi connectivity index (χ1) is 15.1. The van der Waals surface area contributed by atoms with Gasteiger partial charge in [0, 0.05) is 6.42 Å². The Morgan fingerprint density at radius 2 is 1.25 bits per heavy atom. The van der Waals surface area contributed by atoms with E-state index in [0.29, 0.717) is 12.8 Å². The van der Waals surface area contributed by atoms with Crippen LogP contribution in [0, 0.1) is 0 Å². The predicted molar refractivity (Wildman–Crippen MR) is 130 cm³/mol. The lowest BCUT2D eigenvalue weighted by Gasteiger charge is -2.14. The molecule has 182 valence electrons. The van der Waals surface area contributed by atoms with Crippen molar-refractivity contribution in [2.45, 2.75) is 111 Å². The van der Waals surface area contributed by atoms with Gasteiger partial charge in [0.2, 0.25) is 5.91 Å². The largest absolute Gasteiger partial charge is 0.481 e. The molecule has 6 nitrogen and oxygen atoms in total. The van der Waals surface area contributed by atoms with Gasteiger partial charge >= 0.3 is 11.9 Å². The number of carboxylic acids is 2. The van der Waals surface area contributed by atoms with E-state index in [4.69, 9.17) is 5.11 Å². The Morgan fingerprint density at radius 1 is 0.719 bits per heavy atom. The summed E-state index contributed by atoms with van der Waals surface area (Å²) in [5.41, 5.74) is 4.21. The van der Waals surface area contributed by atoms with E-state index in [1.807, 2.05) is 0 Å². The van der Waals surface area contributed by atoms with Crippen LogP contribution in [0.4, 0.5) is 0 Å². The molecular weight excluding hydrogens is 406 g/mol. The molecule has 0 saturated heterocycles. The molecule has 1 unspecified atom stereocenters. The van der Waals surface area contributed by atoms with Crippen LogP contribution < -0.4 is 5.32 Å². The molecule has 0 fully saturated rings. The van der Waals surface area contributed by atoms with E-state index in [1.54, 1.807) is 0 Å². The summed E-state index contributed by atoms with van der Waals surface area (Å²) in [4.78, 5) is 33.4. The summed E-state index contributed by atoms with van der Waals surface area (Å²) in [6, 6.07) is -0.960. The second kappa shape index (κ2) is 18.2. The third kappa shape index (κ3) is 18.4. The molecule has 0 aromatic rings. The monoisotopic (exact) mass is 449 g/mol. The third-order valence-corrected chi connectivity index (χ3v) is 5.23. The number of aliphatic carboxylic acids is 2. The van der Waals surface area contributed by atoms with Crippen LogP contribution in [-0.2, 0) is 14.4 Å². The Labute approximate surface area is 193 Å². The van der Waals surface area contributed by atoms with Crippen LogP contribution in [-0.4, -0.2) is 34.1 Å². The fraction of sp³-hybridized carbons (Fsp3) is 0.654. The van der Waals surface area contributed by atoms with Gasteiger partial charge in [0.25, 0.3) is 0 Å². The summed E-state index contributed by atoms with van der Waals surface area (Å²) >= 11 is 0. The molecular formula is C26H43NO5. The van der Waals surface area contributed by atoms with Crippen molar-refractivity contribution < 1.29 is 24.6 Å². The van der Waals surface area contributed by atoms with E-state index in [1.165, 1.54) is 23.1 Å². The van der Waals surface area contributed by atoms with Gasteiger partial charge in [0.15, 0.2) is 0 Å². The fourth-order valence-electron chi connectivity index (χ4n) is 3.29. The van der Waals surface area contributed by atoms with Gasteiger partial charge in [0.1, 0.15) is 6.04 Å². The number of unbranched alkanes of at least 4 members (excludes halogenated alkanes) is 4. The lowest BCUT2D eigenvalue weighted by Crippen LogP contribution is -2.40.